The monoisotopic (exact) mass is 313 g/mol. The first-order valence-corrected chi connectivity index (χ1v) is 7.87. The van der Waals surface area contributed by atoms with Crippen LogP contribution in [0, 0.1) is 6.92 Å². The van der Waals surface area contributed by atoms with E-state index in [1.165, 1.54) is 16.2 Å². The second-order valence-corrected chi connectivity index (χ2v) is 5.97. The van der Waals surface area contributed by atoms with Gasteiger partial charge in [-0.15, -0.1) is 11.3 Å². The number of ether oxygens (including phenoxy) is 1. The standard InChI is InChI=1S/C14H23N3O3S/c1-4-5-6-13(19)17(7-8-20-3)10-12(18)16-14-15-9-11(2)21-14/h9H,4-8,10H2,1-3H3,(H,15,16,18). The number of carbonyl (C=O) groups is 2. The van der Waals surface area contributed by atoms with E-state index in [4.69, 9.17) is 4.74 Å². The SMILES string of the molecule is CCCCC(=O)N(CCOC)CC(=O)Nc1ncc(C)s1. The first kappa shape index (κ1) is 17.6. The summed E-state index contributed by atoms with van der Waals surface area (Å²) in [4.78, 5) is 30.7. The van der Waals surface area contributed by atoms with Crippen LogP contribution in [0.4, 0.5) is 5.13 Å². The summed E-state index contributed by atoms with van der Waals surface area (Å²) in [6.45, 7) is 4.83. The summed E-state index contributed by atoms with van der Waals surface area (Å²) < 4.78 is 4.99. The van der Waals surface area contributed by atoms with Crippen molar-refractivity contribution in [3.63, 3.8) is 0 Å². The fourth-order valence-electron chi connectivity index (χ4n) is 1.72. The van der Waals surface area contributed by atoms with Crippen molar-refractivity contribution in [3.05, 3.63) is 11.1 Å². The minimum atomic E-state index is -0.231. The molecule has 0 atom stereocenters. The van der Waals surface area contributed by atoms with E-state index in [9.17, 15) is 9.59 Å². The van der Waals surface area contributed by atoms with E-state index in [0.717, 1.165) is 17.7 Å². The first-order chi connectivity index (χ1) is 10.1. The molecule has 0 aromatic carbocycles. The first-order valence-electron chi connectivity index (χ1n) is 7.05. The zero-order valence-electron chi connectivity index (χ0n) is 12.8. The molecule has 1 rings (SSSR count). The van der Waals surface area contributed by atoms with Crippen molar-refractivity contribution in [2.24, 2.45) is 0 Å². The number of aromatic nitrogens is 1. The molecule has 0 spiro atoms. The minimum absolute atomic E-state index is 0.0145. The summed E-state index contributed by atoms with van der Waals surface area (Å²) in [5.74, 6) is -0.246. The zero-order chi connectivity index (χ0) is 15.7. The van der Waals surface area contributed by atoms with Gasteiger partial charge in [0.2, 0.25) is 11.8 Å². The summed E-state index contributed by atoms with van der Waals surface area (Å²) in [5.41, 5.74) is 0. The number of unbranched alkanes of at least 4 members (excludes halogenated alkanes) is 1. The lowest BCUT2D eigenvalue weighted by Gasteiger charge is -2.21. The number of thiazole rings is 1. The molecule has 0 saturated carbocycles. The molecule has 1 aromatic rings. The molecule has 0 unspecified atom stereocenters. The molecule has 2 amide bonds. The van der Waals surface area contributed by atoms with Gasteiger partial charge in [0.15, 0.2) is 5.13 Å². The molecule has 6 nitrogen and oxygen atoms in total. The van der Waals surface area contributed by atoms with E-state index >= 15 is 0 Å². The van der Waals surface area contributed by atoms with Crippen LogP contribution in [0.3, 0.4) is 0 Å². The lowest BCUT2D eigenvalue weighted by Crippen LogP contribution is -2.39. The largest absolute Gasteiger partial charge is 0.383 e. The molecule has 1 N–H and O–H groups in total. The van der Waals surface area contributed by atoms with Gasteiger partial charge in [-0.25, -0.2) is 4.98 Å². The Morgan fingerprint density at radius 3 is 2.81 bits per heavy atom. The third-order valence-corrected chi connectivity index (χ3v) is 3.69. The number of hydrogen-bond acceptors (Lipinski definition) is 5. The smallest absolute Gasteiger partial charge is 0.245 e. The Balaban J connectivity index is 2.53. The van der Waals surface area contributed by atoms with Gasteiger partial charge < -0.3 is 15.0 Å². The van der Waals surface area contributed by atoms with E-state index in [2.05, 4.69) is 10.3 Å². The number of nitrogens with zero attached hydrogens (tertiary/aromatic N) is 2. The third kappa shape index (κ3) is 6.68. The second kappa shape index (κ2) is 9.46. The maximum atomic E-state index is 12.1. The Kier molecular flexibility index (Phi) is 7.92. The van der Waals surface area contributed by atoms with Crippen LogP contribution in [0.5, 0.6) is 0 Å². The maximum Gasteiger partial charge on any atom is 0.245 e. The fourth-order valence-corrected chi connectivity index (χ4v) is 2.40. The molecule has 0 saturated heterocycles. The van der Waals surface area contributed by atoms with Gasteiger partial charge in [0.25, 0.3) is 0 Å². The van der Waals surface area contributed by atoms with Crippen molar-refractivity contribution < 1.29 is 14.3 Å². The van der Waals surface area contributed by atoms with Crippen molar-refractivity contribution in [3.8, 4) is 0 Å². The maximum absolute atomic E-state index is 12.1. The highest BCUT2D eigenvalue weighted by Gasteiger charge is 2.17. The molecule has 21 heavy (non-hydrogen) atoms. The van der Waals surface area contributed by atoms with Crippen LogP contribution in [0.1, 0.15) is 31.1 Å². The summed E-state index contributed by atoms with van der Waals surface area (Å²) in [6, 6.07) is 0. The predicted molar refractivity (Wildman–Crippen MR) is 83.5 cm³/mol. The second-order valence-electron chi connectivity index (χ2n) is 4.74. The van der Waals surface area contributed by atoms with Gasteiger partial charge >= 0.3 is 0 Å². The van der Waals surface area contributed by atoms with Gasteiger partial charge in [0.05, 0.1) is 6.61 Å². The van der Waals surface area contributed by atoms with Crippen LogP contribution < -0.4 is 5.32 Å². The Morgan fingerprint density at radius 1 is 1.48 bits per heavy atom. The van der Waals surface area contributed by atoms with E-state index in [-0.39, 0.29) is 18.4 Å². The molecular formula is C14H23N3O3S. The minimum Gasteiger partial charge on any atom is -0.383 e. The molecule has 118 valence electrons. The van der Waals surface area contributed by atoms with Gasteiger partial charge in [0.1, 0.15) is 6.54 Å². The van der Waals surface area contributed by atoms with Gasteiger partial charge in [-0.2, -0.15) is 0 Å². The molecule has 7 heteroatoms. The highest BCUT2D eigenvalue weighted by atomic mass is 32.1. The summed E-state index contributed by atoms with van der Waals surface area (Å²) >= 11 is 1.41. The number of hydrogen-bond donors (Lipinski definition) is 1. The van der Waals surface area contributed by atoms with Crippen LogP contribution in [0.2, 0.25) is 0 Å². The van der Waals surface area contributed by atoms with Gasteiger partial charge in [-0.05, 0) is 13.3 Å². The average Bonchev–Trinajstić information content (AvgIpc) is 2.85. The molecule has 0 aliphatic heterocycles. The highest BCUT2D eigenvalue weighted by molar-refractivity contribution is 7.15. The lowest BCUT2D eigenvalue weighted by molar-refractivity contribution is -0.135. The van der Waals surface area contributed by atoms with Crippen LogP contribution in [-0.2, 0) is 14.3 Å². The Labute approximate surface area is 129 Å². The highest BCUT2D eigenvalue weighted by Crippen LogP contribution is 2.16. The van der Waals surface area contributed by atoms with Crippen molar-refractivity contribution in [2.45, 2.75) is 33.1 Å². The van der Waals surface area contributed by atoms with E-state index in [1.54, 1.807) is 13.3 Å². The summed E-state index contributed by atoms with van der Waals surface area (Å²) in [6.07, 6.45) is 3.95. The molecule has 0 fully saturated rings. The van der Waals surface area contributed by atoms with Crippen molar-refractivity contribution in [1.29, 1.82) is 0 Å². The topological polar surface area (TPSA) is 71.5 Å². The Hall–Kier alpha value is -1.47. The van der Waals surface area contributed by atoms with Crippen molar-refractivity contribution in [2.75, 3.05) is 32.1 Å². The number of amides is 2. The molecule has 0 aliphatic rings. The van der Waals surface area contributed by atoms with Crippen LogP contribution >= 0.6 is 11.3 Å². The van der Waals surface area contributed by atoms with Crippen molar-refractivity contribution >= 4 is 28.3 Å². The molecule has 0 bridgehead atoms. The fraction of sp³-hybridized carbons (Fsp3) is 0.643. The Morgan fingerprint density at radius 2 is 2.24 bits per heavy atom. The number of methoxy groups -OCH3 is 1. The average molecular weight is 313 g/mol. The number of nitrogens with one attached hydrogen (secondary N) is 1. The number of aryl methyl sites for hydroxylation is 1. The predicted octanol–water partition coefficient (Wildman–Crippen LogP) is 2.06. The summed E-state index contributed by atoms with van der Waals surface area (Å²) in [7, 11) is 1.58. The van der Waals surface area contributed by atoms with E-state index in [1.807, 2.05) is 13.8 Å². The van der Waals surface area contributed by atoms with Crippen LogP contribution in [0.25, 0.3) is 0 Å². The quantitative estimate of drug-likeness (QED) is 0.757. The lowest BCUT2D eigenvalue weighted by atomic mass is 10.2. The molecular weight excluding hydrogens is 290 g/mol. The molecule has 1 heterocycles. The van der Waals surface area contributed by atoms with Crippen LogP contribution in [0.15, 0.2) is 6.20 Å². The third-order valence-electron chi connectivity index (χ3n) is 2.86. The number of carbonyl (C=O) groups excluding carboxylic acids is 2. The Bertz CT molecular complexity index is 462. The number of rotatable bonds is 9. The molecule has 0 aliphatic carbocycles. The van der Waals surface area contributed by atoms with Gasteiger partial charge in [-0.3, -0.25) is 9.59 Å². The van der Waals surface area contributed by atoms with E-state index in [0.29, 0.717) is 24.7 Å². The number of anilines is 1. The molecule has 0 radical (unpaired) electrons. The van der Waals surface area contributed by atoms with Crippen molar-refractivity contribution in [1.82, 2.24) is 9.88 Å². The normalized spacial score (nSPS) is 10.4. The van der Waals surface area contributed by atoms with Gasteiger partial charge in [0, 0.05) is 31.1 Å². The van der Waals surface area contributed by atoms with Gasteiger partial charge in [-0.1, -0.05) is 13.3 Å². The molecule has 1 aromatic heterocycles. The van der Waals surface area contributed by atoms with E-state index < -0.39 is 0 Å². The summed E-state index contributed by atoms with van der Waals surface area (Å²) in [5, 5.41) is 3.27. The van der Waals surface area contributed by atoms with Crippen LogP contribution in [-0.4, -0.2) is 48.5 Å². The zero-order valence-corrected chi connectivity index (χ0v) is 13.7.